The Morgan fingerprint density at radius 1 is 0.911 bits per heavy atom. The number of carbonyl (C=O) groups excluding carboxylic acids is 2. The Kier molecular flexibility index (Phi) is 15.8. The molecule has 2 unspecified atom stereocenters. The van der Waals surface area contributed by atoms with Gasteiger partial charge >= 0.3 is 13.6 Å². The van der Waals surface area contributed by atoms with Gasteiger partial charge in [-0.3, -0.25) is 18.9 Å². The smallest absolute Gasteiger partial charge is 0.368 e. The molecule has 0 radical (unpaired) electrons. The number of aromatic hydroxyl groups is 2. The normalized spacial score (nSPS) is 13.3. The molecule has 0 aliphatic heterocycles. The monoisotopic (exact) mass is 803 g/mol. The SMILES string of the molecule is O=C(CCOCCOCCOCCNC(=O)c1ccc(-c2cc(=O)c3ccc(O)c(O)c3o2)cc1)CCC(O)C[n+]1cccc(CC(O)(C(=O)O)P(=O)(O)O)c1. The zero-order chi connectivity index (χ0) is 40.9. The molecule has 1 amide bonds. The number of Topliss-reactive ketones (excluding diaryl/α,β-unsaturated/α-hetero) is 1. The molecule has 18 nitrogen and oxygen atoms in total. The fourth-order valence-electron chi connectivity index (χ4n) is 5.36. The molecule has 2 heterocycles. The fraction of sp³-hybridized carbons (Fsp3) is 0.378. The minimum absolute atomic E-state index is 0.0175. The quantitative estimate of drug-likeness (QED) is 0.0227. The second-order valence-electron chi connectivity index (χ2n) is 12.7. The summed E-state index contributed by atoms with van der Waals surface area (Å²) < 4.78 is 35.0. The maximum absolute atomic E-state index is 12.5. The first-order valence-electron chi connectivity index (χ1n) is 17.4. The molecule has 2 aromatic carbocycles. The second-order valence-corrected chi connectivity index (χ2v) is 14.5. The summed E-state index contributed by atoms with van der Waals surface area (Å²) in [6.07, 6.45) is 1.43. The van der Waals surface area contributed by atoms with Gasteiger partial charge in [-0.25, -0.2) is 9.36 Å². The molecule has 0 bridgehead atoms. The van der Waals surface area contributed by atoms with Crippen LogP contribution in [0.1, 0.15) is 35.2 Å². The van der Waals surface area contributed by atoms with Crippen molar-refractivity contribution in [3.63, 3.8) is 0 Å². The number of phenolic OH excluding ortho intramolecular Hbond substituents is 2. The van der Waals surface area contributed by atoms with Crippen LogP contribution in [0.2, 0.25) is 0 Å². The third kappa shape index (κ3) is 12.2. The highest BCUT2D eigenvalue weighted by molar-refractivity contribution is 7.54. The highest BCUT2D eigenvalue weighted by Crippen LogP contribution is 2.50. The van der Waals surface area contributed by atoms with E-state index >= 15 is 0 Å². The number of hydrogen-bond donors (Lipinski definition) is 8. The van der Waals surface area contributed by atoms with Gasteiger partial charge in [0.05, 0.1) is 45.0 Å². The van der Waals surface area contributed by atoms with Gasteiger partial charge in [-0.05, 0) is 36.8 Å². The van der Waals surface area contributed by atoms with E-state index in [0.29, 0.717) is 11.1 Å². The summed E-state index contributed by atoms with van der Waals surface area (Å²) in [5, 5.41) is 49.0. The molecule has 19 heteroatoms. The van der Waals surface area contributed by atoms with Crippen molar-refractivity contribution in [3.05, 3.63) is 88.3 Å². The summed E-state index contributed by atoms with van der Waals surface area (Å²) in [4.78, 5) is 67.1. The van der Waals surface area contributed by atoms with Crippen LogP contribution in [0.4, 0.5) is 0 Å². The molecule has 0 fully saturated rings. The molecule has 56 heavy (non-hydrogen) atoms. The van der Waals surface area contributed by atoms with Crippen molar-refractivity contribution in [2.75, 3.05) is 46.2 Å². The number of pyridine rings is 1. The number of aliphatic hydroxyl groups excluding tert-OH is 1. The first kappa shape index (κ1) is 43.7. The Morgan fingerprint density at radius 3 is 2.23 bits per heavy atom. The summed E-state index contributed by atoms with van der Waals surface area (Å²) >= 11 is 0. The Morgan fingerprint density at radius 2 is 1.57 bits per heavy atom. The second kappa shape index (κ2) is 20.2. The molecule has 302 valence electrons. The molecular formula is C37H44N2O16P+. The number of fused-ring (bicyclic) bond motifs is 1. The van der Waals surface area contributed by atoms with Crippen LogP contribution in [0.15, 0.2) is 76.2 Å². The van der Waals surface area contributed by atoms with E-state index in [-0.39, 0.29) is 106 Å². The third-order valence-corrected chi connectivity index (χ3v) is 9.77. The number of ketones is 1. The van der Waals surface area contributed by atoms with Crippen LogP contribution in [0.5, 0.6) is 11.5 Å². The van der Waals surface area contributed by atoms with Crippen molar-refractivity contribution in [1.29, 1.82) is 0 Å². The van der Waals surface area contributed by atoms with Crippen LogP contribution in [-0.2, 0) is 41.3 Å². The van der Waals surface area contributed by atoms with Gasteiger partial charge in [0.15, 0.2) is 35.7 Å². The van der Waals surface area contributed by atoms with E-state index < -0.39 is 48.4 Å². The molecule has 0 aliphatic carbocycles. The molecule has 4 aromatic rings. The predicted octanol–water partition coefficient (Wildman–Crippen LogP) is 1.23. The number of carboxylic acids is 1. The molecule has 2 aromatic heterocycles. The summed E-state index contributed by atoms with van der Waals surface area (Å²) in [5.41, 5.74) is 0.423. The number of carbonyl (C=O) groups is 3. The number of phenols is 2. The van der Waals surface area contributed by atoms with Crippen LogP contribution >= 0.6 is 7.60 Å². The lowest BCUT2D eigenvalue weighted by Crippen LogP contribution is -2.43. The lowest BCUT2D eigenvalue weighted by molar-refractivity contribution is -0.704. The number of nitrogens with zero attached hydrogens (tertiary/aromatic N) is 1. The van der Waals surface area contributed by atoms with Crippen LogP contribution in [0.25, 0.3) is 22.3 Å². The maximum atomic E-state index is 12.5. The number of hydrogen-bond acceptors (Lipinski definition) is 13. The molecule has 8 N–H and O–H groups in total. The van der Waals surface area contributed by atoms with Gasteiger partial charge in [-0.15, -0.1) is 0 Å². The topological polar surface area (TPSA) is 284 Å². The highest BCUT2D eigenvalue weighted by atomic mass is 31.2. The van der Waals surface area contributed by atoms with Crippen molar-refractivity contribution >= 4 is 36.2 Å². The van der Waals surface area contributed by atoms with Crippen LogP contribution in [0, 0.1) is 0 Å². The molecule has 0 aliphatic rings. The van der Waals surface area contributed by atoms with Crippen molar-refractivity contribution in [2.45, 2.75) is 43.7 Å². The summed E-state index contributed by atoms with van der Waals surface area (Å²) in [6, 6.07) is 13.0. The predicted molar refractivity (Wildman–Crippen MR) is 196 cm³/mol. The van der Waals surface area contributed by atoms with Gasteiger partial charge in [0.2, 0.25) is 5.75 Å². The van der Waals surface area contributed by atoms with E-state index in [1.165, 1.54) is 41.1 Å². The van der Waals surface area contributed by atoms with Gasteiger partial charge < -0.3 is 59.3 Å². The Bertz CT molecular complexity index is 2080. The first-order valence-corrected chi connectivity index (χ1v) is 19.0. The summed E-state index contributed by atoms with van der Waals surface area (Å²) in [5.74, 6) is -3.34. The summed E-state index contributed by atoms with van der Waals surface area (Å²) in [6.45, 7) is 1.73. The number of nitrogens with one attached hydrogen (secondary N) is 1. The molecule has 2 atom stereocenters. The molecule has 0 spiro atoms. The lowest BCUT2D eigenvalue weighted by Gasteiger charge is -2.23. The van der Waals surface area contributed by atoms with Gasteiger partial charge in [-0.1, -0.05) is 12.1 Å². The van der Waals surface area contributed by atoms with Crippen molar-refractivity contribution in [1.82, 2.24) is 5.32 Å². The first-order chi connectivity index (χ1) is 26.6. The Hall–Kier alpha value is -5.04. The average Bonchev–Trinajstić information content (AvgIpc) is 3.15. The minimum atomic E-state index is -5.41. The van der Waals surface area contributed by atoms with Gasteiger partial charge in [-0.2, -0.15) is 0 Å². The van der Waals surface area contributed by atoms with Crippen LogP contribution in [-0.4, -0.2) is 111 Å². The number of rotatable bonds is 23. The zero-order valence-corrected chi connectivity index (χ0v) is 31.0. The lowest BCUT2D eigenvalue weighted by atomic mass is 10.1. The van der Waals surface area contributed by atoms with E-state index in [4.69, 9.17) is 23.7 Å². The standard InChI is InChI=1S/C37H43N2O16P/c40-27(7-8-28(41)23-39-13-1-2-24(22-39)21-37(48,36(46)47)56(49,50)51)11-14-52-16-18-54-19-17-53-15-12-38-35(45)26-5-3-25(4-6-26)32-20-31(43)29-9-10-30(42)33(44)34(29)55-32/h1-6,9-10,13,20,22,28,41,48H,7-8,11-12,14-19,21,23H2,(H5-,38,42,43,44,45,46,47,49,50,51)/p+1. The van der Waals surface area contributed by atoms with Crippen LogP contribution in [0.3, 0.4) is 0 Å². The number of benzene rings is 2. The van der Waals surface area contributed by atoms with E-state index in [1.54, 1.807) is 30.5 Å². The van der Waals surface area contributed by atoms with Crippen LogP contribution < -0.4 is 15.3 Å². The van der Waals surface area contributed by atoms with Gasteiger partial charge in [0, 0.05) is 54.6 Å². The van der Waals surface area contributed by atoms with E-state index in [2.05, 4.69) is 5.32 Å². The molecule has 4 rings (SSSR count). The molecule has 0 saturated heterocycles. The van der Waals surface area contributed by atoms with Crippen molar-refractivity contribution in [3.8, 4) is 22.8 Å². The highest BCUT2D eigenvalue weighted by Gasteiger charge is 2.53. The number of aliphatic hydroxyl groups is 2. The largest absolute Gasteiger partial charge is 0.504 e. The Labute approximate surface area is 319 Å². The van der Waals surface area contributed by atoms with Gasteiger partial charge in [0.1, 0.15) is 17.6 Å². The molecular weight excluding hydrogens is 759 g/mol. The summed E-state index contributed by atoms with van der Waals surface area (Å²) in [7, 11) is -5.41. The number of carboxylic acid groups (broad SMARTS) is 1. The zero-order valence-electron chi connectivity index (χ0n) is 30.1. The van der Waals surface area contributed by atoms with E-state index in [1.807, 2.05) is 0 Å². The fourth-order valence-corrected chi connectivity index (χ4v) is 6.00. The van der Waals surface area contributed by atoms with Crippen molar-refractivity contribution < 1.29 is 77.5 Å². The number of aliphatic carboxylic acids is 1. The number of aromatic nitrogens is 1. The molecule has 0 saturated carbocycles. The van der Waals surface area contributed by atoms with Crippen molar-refractivity contribution in [2.24, 2.45) is 0 Å². The average molecular weight is 804 g/mol. The minimum Gasteiger partial charge on any atom is -0.504 e. The van der Waals surface area contributed by atoms with Gasteiger partial charge in [0.25, 0.3) is 11.2 Å². The van der Waals surface area contributed by atoms with E-state index in [0.717, 1.165) is 0 Å². The number of amides is 1. The Balaban J connectivity index is 1.02. The van der Waals surface area contributed by atoms with E-state index in [9.17, 15) is 54.0 Å². The third-order valence-electron chi connectivity index (χ3n) is 8.46. The number of ether oxygens (including phenoxy) is 3. The maximum Gasteiger partial charge on any atom is 0.368 e.